The van der Waals surface area contributed by atoms with Gasteiger partial charge >= 0.3 is 0 Å². The highest BCUT2D eigenvalue weighted by atomic mass is 16.1. The van der Waals surface area contributed by atoms with Gasteiger partial charge in [-0.1, -0.05) is 56.3 Å². The number of Topliss-reactive ketones (excluding diaryl/α,β-unsaturated/α-hetero) is 1. The highest BCUT2D eigenvalue weighted by Crippen LogP contribution is 2.57. The van der Waals surface area contributed by atoms with Crippen LogP contribution in [0.25, 0.3) is 16.3 Å². The molecule has 0 N–H and O–H groups in total. The standard InChI is InChI=1S/C21H22O/c1-13-12-19-18-9-8-15-6-4-5-7-16(15)17(18)10-11-21(19,3)20(13)14(2)22/h4-9,12-13,20H,10-11H2,1-3H3/t13-,20-,21+/m1/s1. The molecular formula is C21H22O. The topological polar surface area (TPSA) is 17.1 Å². The Balaban J connectivity index is 1.94. The summed E-state index contributed by atoms with van der Waals surface area (Å²) in [6, 6.07) is 13.2. The van der Waals surface area contributed by atoms with Crippen molar-refractivity contribution in [3.05, 3.63) is 53.6 Å². The first-order valence-corrected chi connectivity index (χ1v) is 8.26. The predicted octanol–water partition coefficient (Wildman–Crippen LogP) is 5.03. The van der Waals surface area contributed by atoms with Crippen LogP contribution in [0.5, 0.6) is 0 Å². The Hall–Kier alpha value is -1.89. The highest BCUT2D eigenvalue weighted by molar-refractivity contribution is 5.94. The van der Waals surface area contributed by atoms with Crippen LogP contribution in [-0.2, 0) is 11.2 Å². The Morgan fingerprint density at radius 2 is 1.95 bits per heavy atom. The second kappa shape index (κ2) is 4.55. The van der Waals surface area contributed by atoms with Gasteiger partial charge in [-0.3, -0.25) is 4.79 Å². The van der Waals surface area contributed by atoms with Crippen LogP contribution < -0.4 is 0 Å². The van der Waals surface area contributed by atoms with Gasteiger partial charge in [-0.2, -0.15) is 0 Å². The van der Waals surface area contributed by atoms with Crippen LogP contribution in [0.3, 0.4) is 0 Å². The average molecular weight is 290 g/mol. The van der Waals surface area contributed by atoms with Gasteiger partial charge in [0, 0.05) is 11.3 Å². The van der Waals surface area contributed by atoms with Gasteiger partial charge in [0.1, 0.15) is 5.78 Å². The van der Waals surface area contributed by atoms with Gasteiger partial charge in [-0.05, 0) is 53.2 Å². The fourth-order valence-corrected chi connectivity index (χ4v) is 5.05. The van der Waals surface area contributed by atoms with Crippen molar-refractivity contribution in [1.82, 2.24) is 0 Å². The van der Waals surface area contributed by atoms with Crippen molar-refractivity contribution in [3.63, 3.8) is 0 Å². The molecule has 0 spiro atoms. The number of allylic oxidation sites excluding steroid dienone is 2. The molecule has 1 nitrogen and oxygen atoms in total. The van der Waals surface area contributed by atoms with Crippen LogP contribution in [0.2, 0.25) is 0 Å². The Bertz CT molecular complexity index is 814. The maximum Gasteiger partial charge on any atom is 0.134 e. The second-order valence-electron chi connectivity index (χ2n) is 7.26. The van der Waals surface area contributed by atoms with Crippen molar-refractivity contribution >= 4 is 22.1 Å². The van der Waals surface area contributed by atoms with Gasteiger partial charge < -0.3 is 0 Å². The monoisotopic (exact) mass is 290 g/mol. The highest BCUT2D eigenvalue weighted by Gasteiger charge is 2.49. The van der Waals surface area contributed by atoms with Crippen LogP contribution >= 0.6 is 0 Å². The van der Waals surface area contributed by atoms with Gasteiger partial charge in [-0.15, -0.1) is 0 Å². The summed E-state index contributed by atoms with van der Waals surface area (Å²) in [5.74, 6) is 0.822. The van der Waals surface area contributed by atoms with Gasteiger partial charge in [0.25, 0.3) is 0 Å². The molecule has 0 radical (unpaired) electrons. The molecule has 0 aliphatic heterocycles. The smallest absolute Gasteiger partial charge is 0.134 e. The van der Waals surface area contributed by atoms with E-state index in [4.69, 9.17) is 0 Å². The van der Waals surface area contributed by atoms with E-state index in [1.54, 1.807) is 6.92 Å². The molecule has 0 fully saturated rings. The summed E-state index contributed by atoms with van der Waals surface area (Å²) < 4.78 is 0. The number of rotatable bonds is 1. The summed E-state index contributed by atoms with van der Waals surface area (Å²) in [4.78, 5) is 12.2. The molecule has 22 heavy (non-hydrogen) atoms. The predicted molar refractivity (Wildman–Crippen MR) is 91.7 cm³/mol. The molecule has 2 aromatic rings. The normalized spacial score (nSPS) is 29.9. The minimum absolute atomic E-state index is 0.0146. The minimum Gasteiger partial charge on any atom is -0.300 e. The third kappa shape index (κ3) is 1.68. The van der Waals surface area contributed by atoms with Crippen molar-refractivity contribution in [2.75, 3.05) is 0 Å². The maximum absolute atomic E-state index is 12.2. The molecule has 0 unspecified atom stereocenters. The zero-order valence-corrected chi connectivity index (χ0v) is 13.5. The first kappa shape index (κ1) is 13.8. The third-order valence-electron chi connectivity index (χ3n) is 5.92. The van der Waals surface area contributed by atoms with Crippen LogP contribution in [0, 0.1) is 17.3 Å². The fraction of sp³-hybridized carbons (Fsp3) is 0.381. The van der Waals surface area contributed by atoms with E-state index in [0.29, 0.717) is 11.7 Å². The zero-order chi connectivity index (χ0) is 15.5. The number of carbonyl (C=O) groups excluding carboxylic acids is 1. The molecule has 0 bridgehead atoms. The van der Waals surface area contributed by atoms with Crippen molar-refractivity contribution < 1.29 is 4.79 Å². The summed E-state index contributed by atoms with van der Waals surface area (Å²) in [5.41, 5.74) is 4.27. The number of aryl methyl sites for hydroxylation is 1. The molecule has 0 amide bonds. The number of hydrogen-bond donors (Lipinski definition) is 0. The Morgan fingerprint density at radius 3 is 2.73 bits per heavy atom. The van der Waals surface area contributed by atoms with Gasteiger partial charge in [0.05, 0.1) is 0 Å². The van der Waals surface area contributed by atoms with Crippen LogP contribution in [0.4, 0.5) is 0 Å². The first-order valence-electron chi connectivity index (χ1n) is 8.26. The Morgan fingerprint density at radius 1 is 1.18 bits per heavy atom. The van der Waals surface area contributed by atoms with Gasteiger partial charge in [0.2, 0.25) is 0 Å². The van der Waals surface area contributed by atoms with Gasteiger partial charge in [-0.25, -0.2) is 0 Å². The quantitative estimate of drug-likeness (QED) is 0.720. The summed E-state index contributed by atoms with van der Waals surface area (Å²) >= 11 is 0. The molecule has 2 aliphatic rings. The number of ketones is 1. The van der Waals surface area contributed by atoms with E-state index in [9.17, 15) is 4.79 Å². The van der Waals surface area contributed by atoms with Crippen molar-refractivity contribution in [3.8, 4) is 0 Å². The lowest BCUT2D eigenvalue weighted by molar-refractivity contribution is -0.124. The fourth-order valence-electron chi connectivity index (χ4n) is 5.05. The van der Waals surface area contributed by atoms with E-state index in [0.717, 1.165) is 12.8 Å². The Labute approximate surface area is 132 Å². The number of hydrogen-bond acceptors (Lipinski definition) is 1. The summed E-state index contributed by atoms with van der Waals surface area (Å²) in [7, 11) is 0. The molecule has 1 heteroatoms. The number of fused-ring (bicyclic) bond motifs is 5. The lowest BCUT2D eigenvalue weighted by Crippen LogP contribution is -2.35. The molecule has 2 aliphatic carbocycles. The molecule has 0 heterocycles. The maximum atomic E-state index is 12.2. The van der Waals surface area contributed by atoms with E-state index in [1.807, 2.05) is 0 Å². The molecule has 3 atom stereocenters. The van der Waals surface area contributed by atoms with Crippen LogP contribution in [-0.4, -0.2) is 5.78 Å². The third-order valence-corrected chi connectivity index (χ3v) is 5.92. The van der Waals surface area contributed by atoms with E-state index in [-0.39, 0.29) is 11.3 Å². The number of carbonyl (C=O) groups is 1. The summed E-state index contributed by atoms with van der Waals surface area (Å²) in [5, 5.41) is 2.70. The SMILES string of the molecule is CC(=O)[C@H]1[C@H](C)C=C2c3ccc4ccccc4c3CC[C@@]21C. The first-order chi connectivity index (χ1) is 10.5. The largest absolute Gasteiger partial charge is 0.300 e. The van der Waals surface area contributed by atoms with Gasteiger partial charge in [0.15, 0.2) is 0 Å². The van der Waals surface area contributed by atoms with E-state index < -0.39 is 0 Å². The van der Waals surface area contributed by atoms with E-state index >= 15 is 0 Å². The molecular weight excluding hydrogens is 268 g/mol. The van der Waals surface area contributed by atoms with Crippen LogP contribution in [0.15, 0.2) is 42.5 Å². The van der Waals surface area contributed by atoms with Crippen molar-refractivity contribution in [2.45, 2.75) is 33.6 Å². The molecule has 4 rings (SSSR count). The molecule has 2 aromatic carbocycles. The van der Waals surface area contributed by atoms with E-state index in [2.05, 4.69) is 56.3 Å². The Kier molecular flexibility index (Phi) is 2.84. The van der Waals surface area contributed by atoms with Crippen molar-refractivity contribution in [1.29, 1.82) is 0 Å². The van der Waals surface area contributed by atoms with Crippen LogP contribution in [0.1, 0.15) is 38.3 Å². The number of benzene rings is 2. The van der Waals surface area contributed by atoms with E-state index in [1.165, 1.54) is 27.5 Å². The lowest BCUT2D eigenvalue weighted by atomic mass is 9.63. The van der Waals surface area contributed by atoms with Crippen molar-refractivity contribution in [2.24, 2.45) is 17.3 Å². The second-order valence-corrected chi connectivity index (χ2v) is 7.26. The average Bonchev–Trinajstić information content (AvgIpc) is 2.77. The lowest BCUT2D eigenvalue weighted by Gasteiger charge is -2.39. The summed E-state index contributed by atoms with van der Waals surface area (Å²) in [6.45, 7) is 6.26. The molecule has 0 aromatic heterocycles. The minimum atomic E-state index is 0.0146. The molecule has 112 valence electrons. The summed E-state index contributed by atoms with van der Waals surface area (Å²) in [6.07, 6.45) is 4.51. The zero-order valence-electron chi connectivity index (χ0n) is 13.5. The molecule has 0 saturated heterocycles. The molecule has 0 saturated carbocycles.